The van der Waals surface area contributed by atoms with Gasteiger partial charge in [0.05, 0.1) is 12.1 Å². The summed E-state index contributed by atoms with van der Waals surface area (Å²) in [5, 5.41) is 1.76. The van der Waals surface area contributed by atoms with Gasteiger partial charge in [-0.05, 0) is 31.2 Å². The van der Waals surface area contributed by atoms with Gasteiger partial charge in [0, 0.05) is 22.0 Å². The fourth-order valence-electron chi connectivity index (χ4n) is 2.42. The molecule has 0 amide bonds. The van der Waals surface area contributed by atoms with Crippen LogP contribution in [0.4, 0.5) is 0 Å². The maximum Gasteiger partial charge on any atom is 0.344 e. The average Bonchev–Trinajstić information content (AvgIpc) is 2.47. The predicted octanol–water partition coefficient (Wildman–Crippen LogP) is 3.28. The van der Waals surface area contributed by atoms with E-state index in [1.54, 1.807) is 37.4 Å². The third-order valence-corrected chi connectivity index (χ3v) is 3.53. The summed E-state index contributed by atoms with van der Waals surface area (Å²) in [5.41, 5.74) is 0.332. The molecule has 1 aromatic carbocycles. The van der Waals surface area contributed by atoms with Crippen molar-refractivity contribution in [2.24, 2.45) is 0 Å². The average molecular weight is 302 g/mol. The molecule has 3 aromatic rings. The highest BCUT2D eigenvalue weighted by Gasteiger charge is 2.19. The normalized spacial score (nSPS) is 11.0. The number of halogens is 1. The minimum absolute atomic E-state index is 0.0121. The van der Waals surface area contributed by atoms with E-state index in [0.29, 0.717) is 10.4 Å². The maximum atomic E-state index is 12.6. The SMILES string of the molecule is CCOC(=O)c1c(=O)n2ccccc2c2ccc(Cl)cc12. The first kappa shape index (κ1) is 13.6. The van der Waals surface area contributed by atoms with Crippen LogP contribution in [0.2, 0.25) is 5.02 Å². The fraction of sp³-hybridized carbons (Fsp3) is 0.125. The van der Waals surface area contributed by atoms with Gasteiger partial charge in [-0.1, -0.05) is 23.7 Å². The smallest absolute Gasteiger partial charge is 0.344 e. The lowest BCUT2D eigenvalue weighted by Crippen LogP contribution is -2.24. The van der Waals surface area contributed by atoms with Crippen molar-refractivity contribution in [3.8, 4) is 0 Å². The summed E-state index contributed by atoms with van der Waals surface area (Å²) in [4.78, 5) is 24.7. The van der Waals surface area contributed by atoms with Crippen LogP contribution in [0.5, 0.6) is 0 Å². The molecular weight excluding hydrogens is 290 g/mol. The summed E-state index contributed by atoms with van der Waals surface area (Å²) in [6.07, 6.45) is 1.63. The van der Waals surface area contributed by atoms with Crippen LogP contribution in [-0.4, -0.2) is 17.0 Å². The maximum absolute atomic E-state index is 12.6. The molecule has 21 heavy (non-hydrogen) atoms. The number of nitrogens with zero attached hydrogens (tertiary/aromatic N) is 1. The second-order valence-corrected chi connectivity index (χ2v) is 4.98. The topological polar surface area (TPSA) is 47.8 Å². The van der Waals surface area contributed by atoms with Crippen LogP contribution in [0.15, 0.2) is 47.4 Å². The van der Waals surface area contributed by atoms with Crippen molar-refractivity contribution in [2.75, 3.05) is 6.61 Å². The summed E-state index contributed by atoms with van der Waals surface area (Å²) < 4.78 is 6.46. The summed E-state index contributed by atoms with van der Waals surface area (Å²) in [5.74, 6) is -0.631. The van der Waals surface area contributed by atoms with E-state index in [9.17, 15) is 9.59 Å². The van der Waals surface area contributed by atoms with Gasteiger partial charge in [0.1, 0.15) is 5.56 Å². The highest BCUT2D eigenvalue weighted by Crippen LogP contribution is 2.25. The number of pyridine rings is 2. The number of rotatable bonds is 2. The molecule has 5 heteroatoms. The van der Waals surface area contributed by atoms with Gasteiger partial charge in [-0.3, -0.25) is 9.20 Å². The lowest BCUT2D eigenvalue weighted by atomic mass is 10.0. The van der Waals surface area contributed by atoms with E-state index >= 15 is 0 Å². The van der Waals surface area contributed by atoms with Gasteiger partial charge >= 0.3 is 5.97 Å². The van der Waals surface area contributed by atoms with E-state index in [0.717, 1.165) is 10.9 Å². The van der Waals surface area contributed by atoms with E-state index < -0.39 is 11.5 Å². The first-order valence-electron chi connectivity index (χ1n) is 6.53. The molecule has 0 saturated carbocycles. The zero-order valence-corrected chi connectivity index (χ0v) is 12.1. The minimum atomic E-state index is -0.631. The molecule has 0 aliphatic rings. The van der Waals surface area contributed by atoms with Crippen molar-refractivity contribution >= 4 is 33.9 Å². The van der Waals surface area contributed by atoms with E-state index in [-0.39, 0.29) is 12.2 Å². The molecule has 0 spiro atoms. The number of benzene rings is 1. The second-order valence-electron chi connectivity index (χ2n) is 4.55. The van der Waals surface area contributed by atoms with E-state index in [1.807, 2.05) is 12.1 Å². The largest absolute Gasteiger partial charge is 0.462 e. The zero-order chi connectivity index (χ0) is 15.0. The molecule has 0 N–H and O–H groups in total. The van der Waals surface area contributed by atoms with Crippen LogP contribution in [0.25, 0.3) is 16.3 Å². The number of hydrogen-bond donors (Lipinski definition) is 0. The lowest BCUT2D eigenvalue weighted by Gasteiger charge is -2.10. The third-order valence-electron chi connectivity index (χ3n) is 3.30. The minimum Gasteiger partial charge on any atom is -0.462 e. The summed E-state index contributed by atoms with van der Waals surface area (Å²) in [7, 11) is 0. The molecule has 0 atom stereocenters. The van der Waals surface area contributed by atoms with E-state index in [4.69, 9.17) is 16.3 Å². The van der Waals surface area contributed by atoms with Gasteiger partial charge in [0.25, 0.3) is 5.56 Å². The van der Waals surface area contributed by atoms with Crippen molar-refractivity contribution in [2.45, 2.75) is 6.92 Å². The quantitative estimate of drug-likeness (QED) is 0.539. The molecule has 0 aliphatic heterocycles. The molecule has 0 aliphatic carbocycles. The first-order chi connectivity index (χ1) is 10.1. The van der Waals surface area contributed by atoms with Crippen LogP contribution in [0.3, 0.4) is 0 Å². The number of carbonyl (C=O) groups is 1. The van der Waals surface area contributed by atoms with Crippen LogP contribution in [0.1, 0.15) is 17.3 Å². The van der Waals surface area contributed by atoms with Gasteiger partial charge in [-0.25, -0.2) is 4.79 Å². The third kappa shape index (κ3) is 2.17. The standard InChI is InChI=1S/C16H12ClNO3/c1-2-21-16(20)14-12-9-10(17)6-7-11(12)13-5-3-4-8-18(13)15(14)19/h3-9H,2H2,1H3. The Morgan fingerprint density at radius 3 is 2.81 bits per heavy atom. The Morgan fingerprint density at radius 2 is 2.05 bits per heavy atom. The molecular formula is C16H12ClNO3. The molecule has 0 radical (unpaired) electrons. The van der Waals surface area contributed by atoms with Gasteiger partial charge < -0.3 is 4.74 Å². The number of ether oxygens (including phenoxy) is 1. The molecule has 3 rings (SSSR count). The van der Waals surface area contributed by atoms with Crippen LogP contribution in [-0.2, 0) is 4.74 Å². The Balaban J connectivity index is 2.53. The first-order valence-corrected chi connectivity index (χ1v) is 6.91. The Labute approximate surface area is 125 Å². The van der Waals surface area contributed by atoms with E-state index in [1.165, 1.54) is 4.40 Å². The number of esters is 1. The van der Waals surface area contributed by atoms with Crippen LogP contribution >= 0.6 is 11.6 Å². The van der Waals surface area contributed by atoms with Crippen molar-refractivity contribution in [1.29, 1.82) is 0 Å². The van der Waals surface area contributed by atoms with Crippen molar-refractivity contribution < 1.29 is 9.53 Å². The van der Waals surface area contributed by atoms with Gasteiger partial charge in [-0.15, -0.1) is 0 Å². The molecule has 0 unspecified atom stereocenters. The van der Waals surface area contributed by atoms with Crippen LogP contribution < -0.4 is 5.56 Å². The van der Waals surface area contributed by atoms with Gasteiger partial charge in [0.15, 0.2) is 0 Å². The highest BCUT2D eigenvalue weighted by atomic mass is 35.5. The molecule has 0 saturated heterocycles. The zero-order valence-electron chi connectivity index (χ0n) is 11.3. The Bertz CT molecular complexity index is 914. The van der Waals surface area contributed by atoms with E-state index in [2.05, 4.69) is 0 Å². The molecule has 0 bridgehead atoms. The van der Waals surface area contributed by atoms with Gasteiger partial charge in [-0.2, -0.15) is 0 Å². The molecule has 106 valence electrons. The highest BCUT2D eigenvalue weighted by molar-refractivity contribution is 6.31. The number of aromatic nitrogens is 1. The van der Waals surface area contributed by atoms with Crippen molar-refractivity contribution in [3.05, 3.63) is 63.5 Å². The monoisotopic (exact) mass is 301 g/mol. The Kier molecular flexibility index (Phi) is 3.39. The van der Waals surface area contributed by atoms with Crippen molar-refractivity contribution in [3.63, 3.8) is 0 Å². The predicted molar refractivity (Wildman–Crippen MR) is 82.1 cm³/mol. The summed E-state index contributed by atoms with van der Waals surface area (Å²) in [6.45, 7) is 1.91. The number of carbonyl (C=O) groups excluding carboxylic acids is 1. The fourth-order valence-corrected chi connectivity index (χ4v) is 2.59. The molecule has 2 aromatic heterocycles. The molecule has 2 heterocycles. The van der Waals surface area contributed by atoms with Gasteiger partial charge in [0.2, 0.25) is 0 Å². The Hall–Kier alpha value is -2.33. The van der Waals surface area contributed by atoms with Crippen molar-refractivity contribution in [1.82, 2.24) is 4.40 Å². The number of hydrogen-bond acceptors (Lipinski definition) is 3. The lowest BCUT2D eigenvalue weighted by molar-refractivity contribution is 0.0526. The summed E-state index contributed by atoms with van der Waals surface area (Å²) in [6, 6.07) is 10.6. The van der Waals surface area contributed by atoms with Crippen LogP contribution in [0, 0.1) is 0 Å². The number of fused-ring (bicyclic) bond motifs is 3. The molecule has 0 fully saturated rings. The second kappa shape index (κ2) is 5.22. The Morgan fingerprint density at radius 1 is 1.24 bits per heavy atom. The molecule has 4 nitrogen and oxygen atoms in total. The summed E-state index contributed by atoms with van der Waals surface area (Å²) >= 11 is 6.01.